The predicted molar refractivity (Wildman–Crippen MR) is 118 cm³/mol. The fourth-order valence-corrected chi connectivity index (χ4v) is 4.51. The first-order chi connectivity index (χ1) is 15.5. The lowest BCUT2D eigenvalue weighted by molar-refractivity contribution is -0.194. The molecule has 2 atom stereocenters. The fourth-order valence-electron chi connectivity index (χ4n) is 3.85. The molecule has 1 N–H and O–H groups in total. The van der Waals surface area contributed by atoms with Gasteiger partial charge in [0.1, 0.15) is 0 Å². The van der Waals surface area contributed by atoms with Crippen LogP contribution >= 0.6 is 11.3 Å². The van der Waals surface area contributed by atoms with Crippen molar-refractivity contribution in [2.45, 2.75) is 25.8 Å². The number of thiazole rings is 1. The van der Waals surface area contributed by atoms with E-state index in [1.165, 1.54) is 19.5 Å². The molecule has 4 rings (SSSR count). The second-order valence-electron chi connectivity index (χ2n) is 7.70. The van der Waals surface area contributed by atoms with E-state index in [9.17, 15) is 14.4 Å². The van der Waals surface area contributed by atoms with E-state index < -0.39 is 17.7 Å². The van der Waals surface area contributed by atoms with Gasteiger partial charge >= 0.3 is 11.8 Å². The van der Waals surface area contributed by atoms with Gasteiger partial charge in [-0.1, -0.05) is 13.0 Å². The summed E-state index contributed by atoms with van der Waals surface area (Å²) in [6.07, 6.45) is 4.54. The number of aromatic nitrogens is 2. The van der Waals surface area contributed by atoms with E-state index in [-0.39, 0.29) is 17.5 Å². The third kappa shape index (κ3) is 4.46. The second-order valence-corrected chi connectivity index (χ2v) is 8.59. The summed E-state index contributed by atoms with van der Waals surface area (Å²) in [5.41, 5.74) is 6.13. The molecule has 10 heteroatoms. The van der Waals surface area contributed by atoms with Gasteiger partial charge in [-0.05, 0) is 48.6 Å². The summed E-state index contributed by atoms with van der Waals surface area (Å²) in [5, 5.41) is 0.567. The highest BCUT2D eigenvalue weighted by Crippen LogP contribution is 2.35. The maximum absolute atomic E-state index is 13.2. The normalized spacial score (nSPS) is 18.4. The van der Waals surface area contributed by atoms with Gasteiger partial charge in [0.15, 0.2) is 0 Å². The highest BCUT2D eigenvalue weighted by molar-refractivity contribution is 7.16. The lowest BCUT2D eigenvalue weighted by atomic mass is 9.89. The molecule has 1 aromatic carbocycles. The minimum atomic E-state index is -0.974. The SMILES string of the molecule is CON(NC(=O)c1cccnc1)C(=O)C(=O)N1C[C@@H](C)CC[C@@H]1c1ccc2scnc2c1. The molecule has 1 aliphatic heterocycles. The number of fused-ring (bicyclic) bond motifs is 1. The van der Waals surface area contributed by atoms with Crippen LogP contribution in [-0.2, 0) is 14.4 Å². The van der Waals surface area contributed by atoms with Crippen LogP contribution in [0.25, 0.3) is 10.2 Å². The van der Waals surface area contributed by atoms with Gasteiger partial charge in [0, 0.05) is 18.9 Å². The Labute approximate surface area is 188 Å². The van der Waals surface area contributed by atoms with Crippen molar-refractivity contribution in [3.05, 3.63) is 59.4 Å². The molecule has 0 unspecified atom stereocenters. The van der Waals surface area contributed by atoms with Gasteiger partial charge in [-0.3, -0.25) is 24.2 Å². The van der Waals surface area contributed by atoms with Gasteiger partial charge < -0.3 is 4.90 Å². The number of benzene rings is 1. The maximum atomic E-state index is 13.2. The van der Waals surface area contributed by atoms with Crippen molar-refractivity contribution in [2.75, 3.05) is 13.7 Å². The number of likely N-dealkylation sites (tertiary alicyclic amines) is 1. The summed E-state index contributed by atoms with van der Waals surface area (Å²) in [6, 6.07) is 8.80. The van der Waals surface area contributed by atoms with Crippen LogP contribution in [0.3, 0.4) is 0 Å². The minimum Gasteiger partial charge on any atom is -0.327 e. The van der Waals surface area contributed by atoms with E-state index in [1.54, 1.807) is 33.9 Å². The van der Waals surface area contributed by atoms with E-state index in [1.807, 2.05) is 25.1 Å². The van der Waals surface area contributed by atoms with Crippen LogP contribution in [0.4, 0.5) is 0 Å². The molecular weight excluding hydrogens is 430 g/mol. The number of piperidine rings is 1. The Morgan fingerprint density at radius 1 is 1.25 bits per heavy atom. The number of carbonyl (C=O) groups excluding carboxylic acids is 3. The Hall–Kier alpha value is -3.37. The monoisotopic (exact) mass is 453 g/mol. The van der Waals surface area contributed by atoms with E-state index in [2.05, 4.69) is 15.4 Å². The standard InChI is InChI=1S/C22H23N5O4S/c1-14-5-7-18(15-6-8-19-17(10-15)24-13-32-19)26(12-14)21(29)22(30)27(31-2)25-20(28)16-4-3-9-23-11-16/h3-4,6,8-11,13-14,18H,5,7,12H2,1-2H3,(H,25,28)/t14-,18+/m0/s1. The van der Waals surface area contributed by atoms with Crippen LogP contribution in [0.15, 0.2) is 48.2 Å². The van der Waals surface area contributed by atoms with E-state index >= 15 is 0 Å². The number of hydrogen-bond donors (Lipinski definition) is 1. The molecule has 3 heterocycles. The number of nitrogens with zero attached hydrogens (tertiary/aromatic N) is 4. The minimum absolute atomic E-state index is 0.232. The quantitative estimate of drug-likeness (QED) is 0.483. The fraction of sp³-hybridized carbons (Fsp3) is 0.318. The van der Waals surface area contributed by atoms with Crippen LogP contribution in [0.1, 0.15) is 41.7 Å². The molecule has 166 valence electrons. The van der Waals surface area contributed by atoms with Crippen LogP contribution < -0.4 is 5.43 Å². The lowest BCUT2D eigenvalue weighted by Gasteiger charge is -2.39. The van der Waals surface area contributed by atoms with Gasteiger partial charge in [-0.2, -0.15) is 0 Å². The molecular formula is C22H23N5O4S. The first kappa shape index (κ1) is 21.8. The second kappa shape index (κ2) is 9.41. The summed E-state index contributed by atoms with van der Waals surface area (Å²) in [5.74, 6) is -2.09. The van der Waals surface area contributed by atoms with Gasteiger partial charge in [-0.15, -0.1) is 16.5 Å². The van der Waals surface area contributed by atoms with Crippen LogP contribution in [0.2, 0.25) is 0 Å². The number of hydroxylamine groups is 1. The molecule has 0 radical (unpaired) electrons. The smallest absolute Gasteiger partial charge is 0.327 e. The molecule has 1 fully saturated rings. The highest BCUT2D eigenvalue weighted by atomic mass is 32.1. The number of amides is 3. The van der Waals surface area contributed by atoms with Crippen molar-refractivity contribution < 1.29 is 19.2 Å². The first-order valence-electron chi connectivity index (χ1n) is 10.2. The maximum Gasteiger partial charge on any atom is 0.355 e. The molecule has 1 saturated heterocycles. The summed E-state index contributed by atoms with van der Waals surface area (Å²) in [4.78, 5) is 53.4. The Kier molecular flexibility index (Phi) is 6.42. The molecule has 2 aromatic heterocycles. The van der Waals surface area contributed by atoms with E-state index in [4.69, 9.17) is 4.84 Å². The molecule has 32 heavy (non-hydrogen) atoms. The molecule has 0 spiro atoms. The molecule has 0 bridgehead atoms. The topological polar surface area (TPSA) is 105 Å². The zero-order valence-electron chi connectivity index (χ0n) is 17.7. The third-order valence-corrected chi connectivity index (χ3v) is 6.30. The zero-order valence-corrected chi connectivity index (χ0v) is 18.5. The Morgan fingerprint density at radius 2 is 2.09 bits per heavy atom. The summed E-state index contributed by atoms with van der Waals surface area (Å²) in [7, 11) is 1.21. The Bertz CT molecular complexity index is 1140. The number of nitrogens with one attached hydrogen (secondary N) is 1. The first-order valence-corrected chi connectivity index (χ1v) is 11.1. The molecule has 3 amide bonds. The van der Waals surface area contributed by atoms with Crippen molar-refractivity contribution in [1.29, 1.82) is 0 Å². The van der Waals surface area contributed by atoms with Crippen molar-refractivity contribution in [2.24, 2.45) is 5.92 Å². The largest absolute Gasteiger partial charge is 0.355 e. The zero-order chi connectivity index (χ0) is 22.7. The summed E-state index contributed by atoms with van der Waals surface area (Å²) >= 11 is 1.55. The Balaban J connectivity index is 1.54. The van der Waals surface area contributed by atoms with Gasteiger partial charge in [-0.25, -0.2) is 10.4 Å². The van der Waals surface area contributed by atoms with Gasteiger partial charge in [0.05, 0.1) is 34.4 Å². The Morgan fingerprint density at radius 3 is 2.84 bits per heavy atom. The van der Waals surface area contributed by atoms with Gasteiger partial charge in [0.25, 0.3) is 5.91 Å². The lowest BCUT2D eigenvalue weighted by Crippen LogP contribution is -2.54. The molecule has 1 aliphatic rings. The average Bonchev–Trinajstić information content (AvgIpc) is 3.30. The molecule has 9 nitrogen and oxygen atoms in total. The number of hydrazine groups is 1. The van der Waals surface area contributed by atoms with Crippen LogP contribution in [-0.4, -0.2) is 51.4 Å². The highest BCUT2D eigenvalue weighted by Gasteiger charge is 2.37. The molecule has 3 aromatic rings. The van der Waals surface area contributed by atoms with Crippen molar-refractivity contribution in [1.82, 2.24) is 25.5 Å². The number of pyridine rings is 1. The predicted octanol–water partition coefficient (Wildman–Crippen LogP) is 2.73. The summed E-state index contributed by atoms with van der Waals surface area (Å²) < 4.78 is 1.07. The average molecular weight is 454 g/mol. The molecule has 0 saturated carbocycles. The van der Waals surface area contributed by atoms with Crippen molar-refractivity contribution >= 4 is 39.3 Å². The molecule has 0 aliphatic carbocycles. The van der Waals surface area contributed by atoms with Crippen LogP contribution in [0, 0.1) is 5.92 Å². The number of carbonyl (C=O) groups is 3. The third-order valence-electron chi connectivity index (χ3n) is 5.49. The number of rotatable bonds is 3. The van der Waals surface area contributed by atoms with Gasteiger partial charge in [0.2, 0.25) is 0 Å². The van der Waals surface area contributed by atoms with Crippen LogP contribution in [0.5, 0.6) is 0 Å². The van der Waals surface area contributed by atoms with E-state index in [0.717, 1.165) is 28.6 Å². The van der Waals surface area contributed by atoms with Crippen molar-refractivity contribution in [3.63, 3.8) is 0 Å². The van der Waals surface area contributed by atoms with Crippen molar-refractivity contribution in [3.8, 4) is 0 Å². The van der Waals surface area contributed by atoms with E-state index in [0.29, 0.717) is 11.7 Å². The summed E-state index contributed by atoms with van der Waals surface area (Å²) in [6.45, 7) is 2.47. The number of hydrogen-bond acceptors (Lipinski definition) is 7.